The zero-order chi connectivity index (χ0) is 13.0. The summed E-state index contributed by atoms with van der Waals surface area (Å²) in [5.74, 6) is -2.48. The lowest BCUT2D eigenvalue weighted by atomic mass is 10.0. The van der Waals surface area contributed by atoms with Gasteiger partial charge in [-0.3, -0.25) is 4.79 Å². The van der Waals surface area contributed by atoms with Crippen LogP contribution >= 0.6 is 0 Å². The zero-order valence-corrected chi connectivity index (χ0v) is 9.61. The normalized spacial score (nSPS) is 12.2. The van der Waals surface area contributed by atoms with E-state index in [1.54, 1.807) is 13.8 Å². The molecule has 4 nitrogen and oxygen atoms in total. The molecule has 0 bridgehead atoms. The number of nitrogens with one attached hydrogen (secondary N) is 1. The molecule has 1 rings (SSSR count). The van der Waals surface area contributed by atoms with E-state index in [0.717, 1.165) is 6.07 Å². The van der Waals surface area contributed by atoms with Crippen molar-refractivity contribution in [3.8, 4) is 0 Å². The van der Waals surface area contributed by atoms with Crippen molar-refractivity contribution in [1.29, 1.82) is 0 Å². The van der Waals surface area contributed by atoms with Gasteiger partial charge >= 0.3 is 5.97 Å². The Morgan fingerprint density at radius 1 is 1.35 bits per heavy atom. The maximum absolute atomic E-state index is 12.9. The van der Waals surface area contributed by atoms with E-state index in [0.29, 0.717) is 0 Å². The zero-order valence-electron chi connectivity index (χ0n) is 9.61. The van der Waals surface area contributed by atoms with Crippen LogP contribution in [0, 0.1) is 11.7 Å². The van der Waals surface area contributed by atoms with Gasteiger partial charge in [0.15, 0.2) is 0 Å². The van der Waals surface area contributed by atoms with Crippen LogP contribution in [-0.2, 0) is 4.79 Å². The van der Waals surface area contributed by atoms with Gasteiger partial charge in [0, 0.05) is 5.56 Å². The molecule has 0 aliphatic heterocycles. The monoisotopic (exact) mass is 239 g/mol. The topological polar surface area (TPSA) is 66.4 Å². The van der Waals surface area contributed by atoms with Gasteiger partial charge in [0.25, 0.3) is 5.91 Å². The quantitative estimate of drug-likeness (QED) is 0.839. The fourth-order valence-electron chi connectivity index (χ4n) is 1.37. The minimum Gasteiger partial charge on any atom is -0.480 e. The number of hydrogen-bond donors (Lipinski definition) is 2. The number of amides is 1. The van der Waals surface area contributed by atoms with Gasteiger partial charge in [-0.25, -0.2) is 9.18 Å². The number of aliphatic carboxylic acids is 1. The molecule has 0 saturated heterocycles. The van der Waals surface area contributed by atoms with Gasteiger partial charge in [-0.15, -0.1) is 0 Å². The number of carboxylic acids is 1. The highest BCUT2D eigenvalue weighted by molar-refractivity contribution is 5.96. The van der Waals surface area contributed by atoms with Gasteiger partial charge in [0.2, 0.25) is 0 Å². The third-order valence-electron chi connectivity index (χ3n) is 2.31. The van der Waals surface area contributed by atoms with E-state index in [9.17, 15) is 14.0 Å². The first-order valence-corrected chi connectivity index (χ1v) is 5.21. The van der Waals surface area contributed by atoms with E-state index in [1.165, 1.54) is 18.2 Å². The van der Waals surface area contributed by atoms with Crippen LogP contribution in [-0.4, -0.2) is 23.0 Å². The summed E-state index contributed by atoms with van der Waals surface area (Å²) in [6.07, 6.45) is 0. The van der Waals surface area contributed by atoms with Crippen molar-refractivity contribution in [3.05, 3.63) is 35.6 Å². The van der Waals surface area contributed by atoms with Crippen LogP contribution in [0.1, 0.15) is 24.2 Å². The Morgan fingerprint density at radius 3 is 2.47 bits per heavy atom. The van der Waals surface area contributed by atoms with Crippen LogP contribution in [0.25, 0.3) is 0 Å². The first kappa shape index (κ1) is 13.2. The van der Waals surface area contributed by atoms with Crippen LogP contribution in [0.15, 0.2) is 24.3 Å². The number of benzene rings is 1. The molecule has 1 atom stereocenters. The molecule has 1 aromatic rings. The number of carbonyl (C=O) groups excluding carboxylic acids is 1. The Bertz CT molecular complexity index is 432. The van der Waals surface area contributed by atoms with Gasteiger partial charge in [0.05, 0.1) is 0 Å². The Morgan fingerprint density at radius 2 is 2.00 bits per heavy atom. The summed E-state index contributed by atoms with van der Waals surface area (Å²) < 4.78 is 12.9. The predicted molar refractivity (Wildman–Crippen MR) is 60.1 cm³/mol. The lowest BCUT2D eigenvalue weighted by Gasteiger charge is -2.17. The molecule has 0 aliphatic rings. The minimum absolute atomic E-state index is 0.108. The summed E-state index contributed by atoms with van der Waals surface area (Å²) in [7, 11) is 0. The number of carbonyl (C=O) groups is 2. The SMILES string of the molecule is CC(C)[C@H](NC(=O)c1cccc(F)c1)C(=O)O. The molecule has 5 heteroatoms. The fraction of sp³-hybridized carbons (Fsp3) is 0.333. The maximum atomic E-state index is 12.9. The van der Waals surface area contributed by atoms with Gasteiger partial charge in [-0.2, -0.15) is 0 Å². The summed E-state index contributed by atoms with van der Waals surface area (Å²) in [5.41, 5.74) is 0.108. The Hall–Kier alpha value is -1.91. The van der Waals surface area contributed by atoms with Crippen LogP contribution in [0.2, 0.25) is 0 Å². The molecule has 0 fully saturated rings. The van der Waals surface area contributed by atoms with Gasteiger partial charge in [0.1, 0.15) is 11.9 Å². The van der Waals surface area contributed by atoms with E-state index < -0.39 is 23.7 Å². The minimum atomic E-state index is -1.11. The van der Waals surface area contributed by atoms with Crippen molar-refractivity contribution in [2.75, 3.05) is 0 Å². The molecular weight excluding hydrogens is 225 g/mol. The molecule has 0 saturated carbocycles. The summed E-state index contributed by atoms with van der Waals surface area (Å²) >= 11 is 0. The molecule has 0 heterocycles. The van der Waals surface area contributed by atoms with Crippen LogP contribution in [0.3, 0.4) is 0 Å². The van der Waals surface area contributed by atoms with Crippen molar-refractivity contribution >= 4 is 11.9 Å². The Kier molecular flexibility index (Phi) is 4.20. The van der Waals surface area contributed by atoms with E-state index in [4.69, 9.17) is 5.11 Å². The van der Waals surface area contributed by atoms with Crippen molar-refractivity contribution in [1.82, 2.24) is 5.32 Å². The van der Waals surface area contributed by atoms with Crippen LogP contribution < -0.4 is 5.32 Å². The second-order valence-corrected chi connectivity index (χ2v) is 4.04. The van der Waals surface area contributed by atoms with Crippen molar-refractivity contribution < 1.29 is 19.1 Å². The molecule has 92 valence electrons. The highest BCUT2D eigenvalue weighted by Gasteiger charge is 2.23. The molecule has 1 aromatic carbocycles. The fourth-order valence-corrected chi connectivity index (χ4v) is 1.37. The second-order valence-electron chi connectivity index (χ2n) is 4.04. The van der Waals surface area contributed by atoms with Crippen molar-refractivity contribution in [2.45, 2.75) is 19.9 Å². The van der Waals surface area contributed by atoms with E-state index >= 15 is 0 Å². The third-order valence-corrected chi connectivity index (χ3v) is 2.31. The van der Waals surface area contributed by atoms with Crippen LogP contribution in [0.4, 0.5) is 4.39 Å². The molecule has 2 N–H and O–H groups in total. The summed E-state index contributed by atoms with van der Waals surface area (Å²) in [5, 5.41) is 11.3. The average molecular weight is 239 g/mol. The molecule has 0 aromatic heterocycles. The summed E-state index contributed by atoms with van der Waals surface area (Å²) in [4.78, 5) is 22.6. The second kappa shape index (κ2) is 5.43. The molecular formula is C12H14FNO3. The molecule has 1 amide bonds. The number of hydrogen-bond acceptors (Lipinski definition) is 2. The van der Waals surface area contributed by atoms with E-state index in [-0.39, 0.29) is 11.5 Å². The smallest absolute Gasteiger partial charge is 0.326 e. The van der Waals surface area contributed by atoms with Gasteiger partial charge in [-0.05, 0) is 24.1 Å². The molecule has 0 radical (unpaired) electrons. The largest absolute Gasteiger partial charge is 0.480 e. The first-order valence-electron chi connectivity index (χ1n) is 5.21. The lowest BCUT2D eigenvalue weighted by molar-refractivity contribution is -0.140. The number of carboxylic acid groups (broad SMARTS) is 1. The van der Waals surface area contributed by atoms with E-state index in [2.05, 4.69) is 5.32 Å². The molecule has 0 aliphatic carbocycles. The van der Waals surface area contributed by atoms with Gasteiger partial charge < -0.3 is 10.4 Å². The van der Waals surface area contributed by atoms with Crippen molar-refractivity contribution in [3.63, 3.8) is 0 Å². The molecule has 0 spiro atoms. The highest BCUT2D eigenvalue weighted by Crippen LogP contribution is 2.06. The maximum Gasteiger partial charge on any atom is 0.326 e. The Balaban J connectivity index is 2.81. The summed E-state index contributed by atoms with van der Waals surface area (Å²) in [6, 6.07) is 4.13. The van der Waals surface area contributed by atoms with Crippen molar-refractivity contribution in [2.24, 2.45) is 5.92 Å². The Labute approximate surface area is 98.5 Å². The lowest BCUT2D eigenvalue weighted by Crippen LogP contribution is -2.44. The van der Waals surface area contributed by atoms with E-state index in [1.807, 2.05) is 0 Å². The first-order chi connectivity index (χ1) is 7.91. The number of halogens is 1. The molecule has 0 unspecified atom stereocenters. The predicted octanol–water partition coefficient (Wildman–Crippen LogP) is 1.66. The number of rotatable bonds is 4. The average Bonchev–Trinajstić information content (AvgIpc) is 2.24. The van der Waals surface area contributed by atoms with Gasteiger partial charge in [-0.1, -0.05) is 19.9 Å². The highest BCUT2D eigenvalue weighted by atomic mass is 19.1. The van der Waals surface area contributed by atoms with Crippen LogP contribution in [0.5, 0.6) is 0 Å². The summed E-state index contributed by atoms with van der Waals surface area (Å²) in [6.45, 7) is 3.37. The standard InChI is InChI=1S/C12H14FNO3/c1-7(2)10(12(16)17)14-11(15)8-4-3-5-9(13)6-8/h3-7,10H,1-2H3,(H,14,15)(H,16,17)/t10-/m0/s1. The molecule has 17 heavy (non-hydrogen) atoms. The third kappa shape index (κ3) is 3.55.